The van der Waals surface area contributed by atoms with Gasteiger partial charge in [-0.05, 0) is 12.5 Å². The highest BCUT2D eigenvalue weighted by Crippen LogP contribution is 2.08. The molecule has 1 aromatic rings. The molecule has 0 aromatic carbocycles. The molecular formula is C13H15N3O2. The number of carbonyl (C=O) groups is 1. The van der Waals surface area contributed by atoms with Crippen LogP contribution in [0.5, 0.6) is 0 Å². The van der Waals surface area contributed by atoms with Gasteiger partial charge in [0.25, 0.3) is 0 Å². The van der Waals surface area contributed by atoms with Crippen LogP contribution >= 0.6 is 0 Å². The van der Waals surface area contributed by atoms with Crippen molar-refractivity contribution >= 4 is 18.0 Å². The van der Waals surface area contributed by atoms with Gasteiger partial charge in [0.2, 0.25) is 5.95 Å². The second-order valence-corrected chi connectivity index (χ2v) is 3.61. The molecule has 0 atom stereocenters. The first-order valence-electron chi connectivity index (χ1n) is 5.58. The predicted octanol–water partition coefficient (Wildman–Crippen LogP) is 1.42. The van der Waals surface area contributed by atoms with E-state index in [4.69, 9.17) is 11.5 Å². The summed E-state index contributed by atoms with van der Waals surface area (Å²) in [6.07, 6.45) is 11.9. The van der Waals surface area contributed by atoms with Crippen LogP contribution in [0.15, 0.2) is 18.5 Å². The van der Waals surface area contributed by atoms with Crippen molar-refractivity contribution in [3.05, 3.63) is 24.0 Å². The van der Waals surface area contributed by atoms with Crippen LogP contribution in [0.1, 0.15) is 18.9 Å². The van der Waals surface area contributed by atoms with Crippen molar-refractivity contribution in [1.82, 2.24) is 9.97 Å². The van der Waals surface area contributed by atoms with Crippen molar-refractivity contribution in [3.8, 4) is 12.3 Å². The molecule has 0 radical (unpaired) electrons. The van der Waals surface area contributed by atoms with E-state index in [1.807, 2.05) is 11.8 Å². The van der Waals surface area contributed by atoms with Crippen molar-refractivity contribution in [2.24, 2.45) is 0 Å². The van der Waals surface area contributed by atoms with Gasteiger partial charge in [-0.15, -0.1) is 6.42 Å². The van der Waals surface area contributed by atoms with Crippen LogP contribution in [-0.4, -0.2) is 34.1 Å². The zero-order chi connectivity index (χ0) is 13.4. The van der Waals surface area contributed by atoms with Crippen molar-refractivity contribution in [2.45, 2.75) is 13.3 Å². The van der Waals surface area contributed by atoms with Crippen LogP contribution in [0.4, 0.5) is 5.95 Å². The van der Waals surface area contributed by atoms with E-state index in [0.29, 0.717) is 18.1 Å². The largest absolute Gasteiger partial charge is 0.478 e. The molecule has 5 heteroatoms. The molecule has 1 heterocycles. The fraction of sp³-hybridized carbons (Fsp3) is 0.308. The standard InChI is InChI=1S/C13H15N3O2/c1-3-7-16(8-4-2)13-14-9-11(10-15-13)5-6-12(17)18/h1,5-6,9-10H,4,7-8H2,2H3,(H,17,18)/b6-5+. The average Bonchev–Trinajstić information content (AvgIpc) is 2.37. The van der Waals surface area contributed by atoms with Gasteiger partial charge in [-0.1, -0.05) is 12.8 Å². The Morgan fingerprint density at radius 2 is 2.22 bits per heavy atom. The molecule has 0 bridgehead atoms. The fourth-order valence-corrected chi connectivity index (χ4v) is 1.38. The maximum Gasteiger partial charge on any atom is 0.328 e. The number of aromatic nitrogens is 2. The predicted molar refractivity (Wildman–Crippen MR) is 70.0 cm³/mol. The van der Waals surface area contributed by atoms with Gasteiger partial charge in [0.1, 0.15) is 0 Å². The van der Waals surface area contributed by atoms with Crippen LogP contribution in [0.2, 0.25) is 0 Å². The van der Waals surface area contributed by atoms with Crippen molar-refractivity contribution < 1.29 is 9.90 Å². The summed E-state index contributed by atoms with van der Waals surface area (Å²) in [5, 5.41) is 8.50. The lowest BCUT2D eigenvalue weighted by atomic mass is 10.3. The summed E-state index contributed by atoms with van der Waals surface area (Å²) in [7, 11) is 0. The summed E-state index contributed by atoms with van der Waals surface area (Å²) < 4.78 is 0. The number of carboxylic acids is 1. The minimum Gasteiger partial charge on any atom is -0.478 e. The minimum absolute atomic E-state index is 0.456. The highest BCUT2D eigenvalue weighted by molar-refractivity contribution is 5.85. The first-order chi connectivity index (χ1) is 8.67. The Hall–Kier alpha value is -2.35. The first kappa shape index (κ1) is 13.7. The zero-order valence-electron chi connectivity index (χ0n) is 10.2. The zero-order valence-corrected chi connectivity index (χ0v) is 10.2. The lowest BCUT2D eigenvalue weighted by Crippen LogP contribution is -2.26. The molecule has 0 unspecified atom stereocenters. The fourth-order valence-electron chi connectivity index (χ4n) is 1.38. The molecular weight excluding hydrogens is 230 g/mol. The van der Waals surface area contributed by atoms with E-state index < -0.39 is 5.97 Å². The smallest absolute Gasteiger partial charge is 0.328 e. The normalized spacial score (nSPS) is 10.2. The van der Waals surface area contributed by atoms with Crippen molar-refractivity contribution in [1.29, 1.82) is 0 Å². The van der Waals surface area contributed by atoms with Gasteiger partial charge in [0.05, 0.1) is 6.54 Å². The third-order valence-corrected chi connectivity index (χ3v) is 2.14. The maximum atomic E-state index is 10.4. The Bertz CT molecular complexity index is 460. The van der Waals surface area contributed by atoms with Gasteiger partial charge in [-0.3, -0.25) is 0 Å². The van der Waals surface area contributed by atoms with Crippen LogP contribution in [-0.2, 0) is 4.79 Å². The van der Waals surface area contributed by atoms with E-state index in [9.17, 15) is 4.79 Å². The number of terminal acetylenes is 1. The molecule has 0 fully saturated rings. The number of hydrogen-bond acceptors (Lipinski definition) is 4. The van der Waals surface area contributed by atoms with Crippen LogP contribution in [0, 0.1) is 12.3 Å². The molecule has 1 N–H and O–H groups in total. The van der Waals surface area contributed by atoms with E-state index in [-0.39, 0.29) is 0 Å². The molecule has 5 nitrogen and oxygen atoms in total. The van der Waals surface area contributed by atoms with Gasteiger partial charge in [-0.25, -0.2) is 14.8 Å². The second-order valence-electron chi connectivity index (χ2n) is 3.61. The molecule has 0 saturated heterocycles. The molecule has 1 aromatic heterocycles. The highest BCUT2D eigenvalue weighted by Gasteiger charge is 2.06. The Balaban J connectivity index is 2.80. The lowest BCUT2D eigenvalue weighted by Gasteiger charge is -2.18. The SMILES string of the molecule is C#CCN(CCC)c1ncc(/C=C/C(=O)O)cn1. The molecule has 0 amide bonds. The van der Waals surface area contributed by atoms with E-state index in [1.165, 1.54) is 6.08 Å². The van der Waals surface area contributed by atoms with Gasteiger partial charge >= 0.3 is 5.97 Å². The monoisotopic (exact) mass is 245 g/mol. The third kappa shape index (κ3) is 4.26. The summed E-state index contributed by atoms with van der Waals surface area (Å²) in [5.74, 6) is 2.12. The quantitative estimate of drug-likeness (QED) is 0.606. The Morgan fingerprint density at radius 1 is 1.56 bits per heavy atom. The molecule has 94 valence electrons. The number of carboxylic acid groups (broad SMARTS) is 1. The Labute approximate surface area is 106 Å². The number of anilines is 1. The van der Waals surface area contributed by atoms with E-state index >= 15 is 0 Å². The second kappa shape index (κ2) is 7.07. The molecule has 0 aliphatic carbocycles. The molecule has 1 rings (SSSR count). The summed E-state index contributed by atoms with van der Waals surface area (Å²) in [6.45, 7) is 3.29. The van der Waals surface area contributed by atoms with Gasteiger partial charge < -0.3 is 10.0 Å². The number of rotatable bonds is 6. The summed E-state index contributed by atoms with van der Waals surface area (Å²) in [4.78, 5) is 20.6. The highest BCUT2D eigenvalue weighted by atomic mass is 16.4. The minimum atomic E-state index is -1.00. The maximum absolute atomic E-state index is 10.4. The first-order valence-corrected chi connectivity index (χ1v) is 5.58. The van der Waals surface area contributed by atoms with E-state index in [0.717, 1.165) is 19.0 Å². The molecule has 0 aliphatic rings. The molecule has 18 heavy (non-hydrogen) atoms. The third-order valence-electron chi connectivity index (χ3n) is 2.14. The topological polar surface area (TPSA) is 66.3 Å². The van der Waals surface area contributed by atoms with E-state index in [2.05, 4.69) is 15.9 Å². The van der Waals surface area contributed by atoms with E-state index in [1.54, 1.807) is 12.4 Å². The average molecular weight is 245 g/mol. The van der Waals surface area contributed by atoms with Crippen molar-refractivity contribution in [2.75, 3.05) is 18.0 Å². The summed E-state index contributed by atoms with van der Waals surface area (Å²) in [6, 6.07) is 0. The van der Waals surface area contributed by atoms with Crippen LogP contribution < -0.4 is 4.90 Å². The Kier molecular flexibility index (Phi) is 5.39. The molecule has 0 saturated carbocycles. The summed E-state index contributed by atoms with van der Waals surface area (Å²) >= 11 is 0. The number of aliphatic carboxylic acids is 1. The molecule has 0 spiro atoms. The lowest BCUT2D eigenvalue weighted by molar-refractivity contribution is -0.131. The van der Waals surface area contributed by atoms with Crippen LogP contribution in [0.25, 0.3) is 6.08 Å². The van der Waals surface area contributed by atoms with Crippen LogP contribution in [0.3, 0.4) is 0 Å². The van der Waals surface area contributed by atoms with Gasteiger partial charge in [-0.2, -0.15) is 0 Å². The Morgan fingerprint density at radius 3 is 2.72 bits per heavy atom. The summed E-state index contributed by atoms with van der Waals surface area (Å²) in [5.41, 5.74) is 0.637. The number of hydrogen-bond donors (Lipinski definition) is 1. The van der Waals surface area contributed by atoms with Gasteiger partial charge in [0, 0.05) is 30.6 Å². The van der Waals surface area contributed by atoms with Gasteiger partial charge in [0.15, 0.2) is 0 Å². The number of nitrogens with zero attached hydrogens (tertiary/aromatic N) is 3. The molecule has 0 aliphatic heterocycles. The van der Waals surface area contributed by atoms with Crippen molar-refractivity contribution in [3.63, 3.8) is 0 Å².